The van der Waals surface area contributed by atoms with Gasteiger partial charge in [-0.1, -0.05) is 6.92 Å². The van der Waals surface area contributed by atoms with Crippen molar-refractivity contribution in [3.63, 3.8) is 0 Å². The summed E-state index contributed by atoms with van der Waals surface area (Å²) in [6.45, 7) is 10.7. The smallest absolute Gasteiger partial charge is 0.182 e. The Hall–Kier alpha value is -1.43. The average Bonchev–Trinajstić information content (AvgIpc) is 3.02. The number of halogens is 2. The third-order valence-electron chi connectivity index (χ3n) is 6.12. The third kappa shape index (κ3) is 18.9. The first-order chi connectivity index (χ1) is 21.1. The molecule has 0 N–H and O–H groups in total. The van der Waals surface area contributed by atoms with E-state index in [9.17, 15) is 9.18 Å². The van der Waals surface area contributed by atoms with Gasteiger partial charge in [0, 0.05) is 16.5 Å². The van der Waals surface area contributed by atoms with Crippen molar-refractivity contribution >= 4 is 39.4 Å². The SMILES string of the molecule is CCN(CCCC(=O)c1cnc2cc(I)ccc2n1)CCOCCOCCOCCOCCOCCOCCOCCF. The average molecular weight is 724 g/mol. The fourth-order valence-corrected chi connectivity index (χ4v) is 4.28. The first kappa shape index (κ1) is 37.8. The van der Waals surface area contributed by atoms with Gasteiger partial charge in [-0.05, 0) is 60.3 Å². The van der Waals surface area contributed by atoms with Crippen molar-refractivity contribution in [3.05, 3.63) is 33.7 Å². The van der Waals surface area contributed by atoms with Gasteiger partial charge in [0.1, 0.15) is 12.4 Å². The first-order valence-electron chi connectivity index (χ1n) is 14.9. The highest BCUT2D eigenvalue weighted by Crippen LogP contribution is 2.14. The molecular formula is C30H47FIN3O8. The number of carbonyl (C=O) groups is 1. The number of ether oxygens (including phenoxy) is 7. The number of ketones is 1. The van der Waals surface area contributed by atoms with E-state index in [1.807, 2.05) is 18.2 Å². The van der Waals surface area contributed by atoms with Crippen LogP contribution >= 0.6 is 22.6 Å². The van der Waals surface area contributed by atoms with E-state index in [0.29, 0.717) is 98.0 Å². The Morgan fingerprint density at radius 1 is 0.744 bits per heavy atom. The lowest BCUT2D eigenvalue weighted by Crippen LogP contribution is -2.29. The number of carbonyl (C=O) groups excluding carboxylic acids is 1. The van der Waals surface area contributed by atoms with Crippen LogP contribution in [0.15, 0.2) is 24.4 Å². The van der Waals surface area contributed by atoms with Gasteiger partial charge in [-0.2, -0.15) is 0 Å². The molecule has 0 amide bonds. The molecule has 2 rings (SSSR count). The monoisotopic (exact) mass is 723 g/mol. The molecule has 2 aromatic rings. The highest BCUT2D eigenvalue weighted by molar-refractivity contribution is 14.1. The second-order valence-electron chi connectivity index (χ2n) is 9.32. The molecule has 1 aromatic carbocycles. The zero-order chi connectivity index (χ0) is 30.8. The van der Waals surface area contributed by atoms with Crippen LogP contribution in [0, 0.1) is 3.57 Å². The van der Waals surface area contributed by atoms with Crippen molar-refractivity contribution in [2.24, 2.45) is 0 Å². The zero-order valence-corrected chi connectivity index (χ0v) is 27.5. The van der Waals surface area contributed by atoms with Crippen LogP contribution in [0.3, 0.4) is 0 Å². The molecule has 1 heterocycles. The van der Waals surface area contributed by atoms with Gasteiger partial charge < -0.3 is 38.1 Å². The second kappa shape index (κ2) is 25.9. The lowest BCUT2D eigenvalue weighted by molar-refractivity contribution is -0.0212. The van der Waals surface area contributed by atoms with Crippen LogP contribution in [0.2, 0.25) is 0 Å². The normalized spacial score (nSPS) is 11.6. The van der Waals surface area contributed by atoms with Gasteiger partial charge in [-0.3, -0.25) is 9.78 Å². The molecule has 1 aromatic heterocycles. The Bertz CT molecular complexity index is 994. The van der Waals surface area contributed by atoms with Crippen molar-refractivity contribution in [2.45, 2.75) is 19.8 Å². The second-order valence-corrected chi connectivity index (χ2v) is 10.6. The van der Waals surface area contributed by atoms with E-state index < -0.39 is 6.67 Å². The Kier molecular flexibility index (Phi) is 22.7. The van der Waals surface area contributed by atoms with Gasteiger partial charge in [0.2, 0.25) is 0 Å². The minimum Gasteiger partial charge on any atom is -0.378 e. The number of nitrogens with zero attached hydrogens (tertiary/aromatic N) is 3. The van der Waals surface area contributed by atoms with Crippen LogP contribution in [-0.4, -0.2) is 139 Å². The fourth-order valence-electron chi connectivity index (χ4n) is 3.81. The van der Waals surface area contributed by atoms with E-state index in [-0.39, 0.29) is 12.4 Å². The number of alkyl halides is 1. The summed E-state index contributed by atoms with van der Waals surface area (Å²) in [7, 11) is 0. The molecular weight excluding hydrogens is 676 g/mol. The van der Waals surface area contributed by atoms with Crippen LogP contribution in [0.25, 0.3) is 11.0 Å². The molecule has 0 aliphatic carbocycles. The summed E-state index contributed by atoms with van der Waals surface area (Å²) in [4.78, 5) is 23.7. The largest absolute Gasteiger partial charge is 0.378 e. The van der Waals surface area contributed by atoms with E-state index in [1.54, 1.807) is 6.20 Å². The Morgan fingerprint density at radius 2 is 1.26 bits per heavy atom. The van der Waals surface area contributed by atoms with Crippen molar-refractivity contribution < 1.29 is 42.3 Å². The number of benzene rings is 1. The van der Waals surface area contributed by atoms with Crippen LogP contribution in [-0.2, 0) is 33.2 Å². The summed E-state index contributed by atoms with van der Waals surface area (Å²) in [6.07, 6.45) is 2.78. The van der Waals surface area contributed by atoms with Crippen molar-refractivity contribution in [1.82, 2.24) is 14.9 Å². The lowest BCUT2D eigenvalue weighted by atomic mass is 10.1. The van der Waals surface area contributed by atoms with Gasteiger partial charge in [0.25, 0.3) is 0 Å². The Morgan fingerprint density at radius 3 is 1.77 bits per heavy atom. The molecule has 0 atom stereocenters. The van der Waals surface area contributed by atoms with Crippen molar-refractivity contribution in [2.75, 3.05) is 119 Å². The number of Topliss-reactive ketones (excluding diaryl/α,β-unsaturated/α-hetero) is 1. The van der Waals surface area contributed by atoms with E-state index in [0.717, 1.165) is 40.7 Å². The minimum atomic E-state index is -0.476. The maximum absolute atomic E-state index is 12.6. The molecule has 11 nitrogen and oxygen atoms in total. The molecule has 0 radical (unpaired) electrons. The zero-order valence-electron chi connectivity index (χ0n) is 25.3. The lowest BCUT2D eigenvalue weighted by Gasteiger charge is -2.20. The van der Waals surface area contributed by atoms with Gasteiger partial charge in [0.05, 0.1) is 110 Å². The summed E-state index contributed by atoms with van der Waals surface area (Å²) in [6, 6.07) is 5.82. The fraction of sp³-hybridized carbons (Fsp3) is 0.700. The molecule has 0 saturated carbocycles. The maximum atomic E-state index is 12.6. The van der Waals surface area contributed by atoms with Gasteiger partial charge in [-0.25, -0.2) is 9.37 Å². The van der Waals surface area contributed by atoms with Crippen LogP contribution < -0.4 is 0 Å². The van der Waals surface area contributed by atoms with Crippen LogP contribution in [0.1, 0.15) is 30.3 Å². The highest BCUT2D eigenvalue weighted by atomic mass is 127. The summed E-state index contributed by atoms with van der Waals surface area (Å²) < 4.78 is 50.7. The molecule has 43 heavy (non-hydrogen) atoms. The topological polar surface area (TPSA) is 111 Å². The Balaban J connectivity index is 1.33. The van der Waals surface area contributed by atoms with Gasteiger partial charge in [-0.15, -0.1) is 0 Å². The molecule has 0 saturated heterocycles. The highest BCUT2D eigenvalue weighted by Gasteiger charge is 2.11. The van der Waals surface area contributed by atoms with Gasteiger partial charge in [0.15, 0.2) is 5.78 Å². The molecule has 13 heteroatoms. The molecule has 0 unspecified atom stereocenters. The van der Waals surface area contributed by atoms with E-state index in [2.05, 4.69) is 44.4 Å². The van der Waals surface area contributed by atoms with E-state index in [1.165, 1.54) is 0 Å². The summed E-state index contributed by atoms with van der Waals surface area (Å²) in [5.74, 6) is 0.0212. The molecule has 0 aliphatic rings. The molecule has 244 valence electrons. The summed E-state index contributed by atoms with van der Waals surface area (Å²) in [5.41, 5.74) is 1.97. The molecule has 0 aliphatic heterocycles. The molecule has 0 spiro atoms. The number of hydrogen-bond acceptors (Lipinski definition) is 11. The summed E-state index contributed by atoms with van der Waals surface area (Å²) >= 11 is 2.24. The van der Waals surface area contributed by atoms with Crippen LogP contribution in [0.5, 0.6) is 0 Å². The minimum absolute atomic E-state index is 0.0212. The number of rotatable bonds is 29. The summed E-state index contributed by atoms with van der Waals surface area (Å²) in [5, 5.41) is 0. The number of likely N-dealkylation sites (N-methyl/N-ethyl adjacent to an activating group) is 1. The Labute approximate surface area is 268 Å². The first-order valence-corrected chi connectivity index (χ1v) is 16.0. The number of aromatic nitrogens is 2. The van der Waals surface area contributed by atoms with Crippen molar-refractivity contribution in [1.29, 1.82) is 0 Å². The standard InChI is InChI=1S/C30H47FIN3O8/c1-2-35(8-3-4-30(36)29-25-33-28-24-26(32)5-6-27(28)34-29)9-11-38-13-15-40-17-19-42-21-23-43-22-20-41-18-16-39-14-12-37-10-7-31/h5-6,24-25H,2-4,7-23H2,1H3. The van der Waals surface area contributed by atoms with Gasteiger partial charge >= 0.3 is 0 Å². The van der Waals surface area contributed by atoms with E-state index in [4.69, 9.17) is 33.2 Å². The predicted octanol–water partition coefficient (Wildman–Crippen LogP) is 3.60. The predicted molar refractivity (Wildman–Crippen MR) is 170 cm³/mol. The van der Waals surface area contributed by atoms with E-state index >= 15 is 0 Å². The maximum Gasteiger partial charge on any atom is 0.182 e. The number of fused-ring (bicyclic) bond motifs is 1. The van der Waals surface area contributed by atoms with Crippen molar-refractivity contribution in [3.8, 4) is 0 Å². The van der Waals surface area contributed by atoms with Crippen LogP contribution in [0.4, 0.5) is 4.39 Å². The molecule has 0 bridgehead atoms. The quantitative estimate of drug-likeness (QED) is 0.0698. The third-order valence-corrected chi connectivity index (χ3v) is 6.79. The molecule has 0 fully saturated rings. The number of hydrogen-bond donors (Lipinski definition) is 0.